The molecule has 0 aromatic carbocycles. The Balaban J connectivity index is 2.43. The van der Waals surface area contributed by atoms with Gasteiger partial charge in [0.05, 0.1) is 25.9 Å². The Kier molecular flexibility index (Phi) is 6.96. The number of hydrogen-bond donors (Lipinski definition) is 1. The average Bonchev–Trinajstić information content (AvgIpc) is 2.34. The van der Waals surface area contributed by atoms with Crippen molar-refractivity contribution in [1.82, 2.24) is 5.32 Å². The van der Waals surface area contributed by atoms with E-state index in [2.05, 4.69) is 19.2 Å². The maximum atomic E-state index is 5.77. The molecule has 3 atom stereocenters. The van der Waals surface area contributed by atoms with Crippen molar-refractivity contribution in [3.63, 3.8) is 0 Å². The smallest absolute Gasteiger partial charge is 0.0964 e. The quantitative estimate of drug-likeness (QED) is 0.711. The summed E-state index contributed by atoms with van der Waals surface area (Å²) < 4.78 is 16.4. The van der Waals surface area contributed by atoms with E-state index in [1.807, 2.05) is 0 Å². The second-order valence-electron chi connectivity index (χ2n) is 4.33. The van der Waals surface area contributed by atoms with Gasteiger partial charge in [-0.3, -0.25) is 0 Å². The van der Waals surface area contributed by atoms with E-state index >= 15 is 0 Å². The topological polar surface area (TPSA) is 39.7 Å². The number of nitrogens with one attached hydrogen (secondary N) is 1. The molecule has 4 nitrogen and oxygen atoms in total. The number of ether oxygens (including phenoxy) is 3. The van der Waals surface area contributed by atoms with Gasteiger partial charge in [-0.25, -0.2) is 0 Å². The lowest BCUT2D eigenvalue weighted by Crippen LogP contribution is -2.50. The minimum Gasteiger partial charge on any atom is -0.385 e. The molecule has 1 N–H and O–H groups in total. The zero-order valence-corrected chi connectivity index (χ0v) is 10.7. The summed E-state index contributed by atoms with van der Waals surface area (Å²) in [6.45, 7) is 8.27. The van der Waals surface area contributed by atoms with Gasteiger partial charge in [0.1, 0.15) is 0 Å². The van der Waals surface area contributed by atoms with E-state index in [1.54, 1.807) is 7.11 Å². The Labute approximate surface area is 98.6 Å². The second-order valence-corrected chi connectivity index (χ2v) is 4.33. The molecular weight excluding hydrogens is 206 g/mol. The van der Waals surface area contributed by atoms with Gasteiger partial charge in [0.2, 0.25) is 0 Å². The molecule has 1 rings (SSSR count). The Bertz CT molecular complexity index is 172. The van der Waals surface area contributed by atoms with Crippen molar-refractivity contribution in [2.75, 3.05) is 40.1 Å². The minimum atomic E-state index is 0.181. The van der Waals surface area contributed by atoms with E-state index in [1.165, 1.54) is 0 Å². The van der Waals surface area contributed by atoms with Crippen molar-refractivity contribution < 1.29 is 14.2 Å². The van der Waals surface area contributed by atoms with E-state index < -0.39 is 0 Å². The first kappa shape index (κ1) is 13.9. The summed E-state index contributed by atoms with van der Waals surface area (Å²) in [7, 11) is 1.75. The van der Waals surface area contributed by atoms with E-state index in [4.69, 9.17) is 14.2 Å². The molecule has 1 aliphatic heterocycles. The first-order valence-corrected chi connectivity index (χ1v) is 6.21. The van der Waals surface area contributed by atoms with Crippen LogP contribution in [0.25, 0.3) is 0 Å². The highest BCUT2D eigenvalue weighted by molar-refractivity contribution is 4.83. The molecule has 1 aliphatic rings. The summed E-state index contributed by atoms with van der Waals surface area (Å²) >= 11 is 0. The molecule has 0 aromatic heterocycles. The van der Waals surface area contributed by atoms with Crippen LogP contribution in [-0.2, 0) is 14.2 Å². The standard InChI is InChI=1S/C12H25NO3/c1-4-13-12(10(2)5-6-14-3)11-9-15-7-8-16-11/h10-13H,4-9H2,1-3H3. The number of likely N-dealkylation sites (N-methyl/N-ethyl adjacent to an activating group) is 1. The lowest BCUT2D eigenvalue weighted by Gasteiger charge is -2.34. The molecule has 1 fully saturated rings. The minimum absolute atomic E-state index is 0.181. The molecule has 1 heterocycles. The Hall–Kier alpha value is -0.160. The summed E-state index contributed by atoms with van der Waals surface area (Å²) in [5.74, 6) is 0.534. The van der Waals surface area contributed by atoms with Crippen LogP contribution >= 0.6 is 0 Å². The molecular formula is C12H25NO3. The lowest BCUT2D eigenvalue weighted by molar-refractivity contribution is -0.108. The molecule has 4 heteroatoms. The summed E-state index contributed by atoms with van der Waals surface area (Å²) in [5.41, 5.74) is 0. The molecule has 0 amide bonds. The van der Waals surface area contributed by atoms with E-state index in [9.17, 15) is 0 Å². The van der Waals surface area contributed by atoms with Crippen molar-refractivity contribution >= 4 is 0 Å². The molecule has 0 saturated carbocycles. The molecule has 0 spiro atoms. The highest BCUT2D eigenvalue weighted by Gasteiger charge is 2.28. The molecule has 0 aromatic rings. The molecule has 1 saturated heterocycles. The zero-order valence-electron chi connectivity index (χ0n) is 10.7. The summed E-state index contributed by atoms with van der Waals surface area (Å²) in [6, 6.07) is 0.362. The number of hydrogen-bond acceptors (Lipinski definition) is 4. The monoisotopic (exact) mass is 231 g/mol. The molecule has 3 unspecified atom stereocenters. The van der Waals surface area contributed by atoms with Gasteiger partial charge >= 0.3 is 0 Å². The van der Waals surface area contributed by atoms with Crippen molar-refractivity contribution in [3.05, 3.63) is 0 Å². The van der Waals surface area contributed by atoms with Crippen molar-refractivity contribution in [3.8, 4) is 0 Å². The molecule has 0 radical (unpaired) electrons. The fourth-order valence-corrected chi connectivity index (χ4v) is 2.13. The third-order valence-electron chi connectivity index (χ3n) is 3.07. The van der Waals surface area contributed by atoms with Crippen molar-refractivity contribution in [1.29, 1.82) is 0 Å². The predicted molar refractivity (Wildman–Crippen MR) is 63.7 cm³/mol. The van der Waals surface area contributed by atoms with Gasteiger partial charge in [0.15, 0.2) is 0 Å². The van der Waals surface area contributed by atoms with Crippen LogP contribution in [-0.4, -0.2) is 52.2 Å². The second kappa shape index (κ2) is 8.01. The van der Waals surface area contributed by atoms with Crippen LogP contribution in [0.5, 0.6) is 0 Å². The maximum absolute atomic E-state index is 5.77. The number of rotatable bonds is 7. The molecule has 96 valence electrons. The van der Waals surface area contributed by atoms with Crippen LogP contribution in [0.3, 0.4) is 0 Å². The fraction of sp³-hybridized carbons (Fsp3) is 1.00. The third-order valence-corrected chi connectivity index (χ3v) is 3.07. The fourth-order valence-electron chi connectivity index (χ4n) is 2.13. The first-order chi connectivity index (χ1) is 7.79. The highest BCUT2D eigenvalue weighted by Crippen LogP contribution is 2.16. The highest BCUT2D eigenvalue weighted by atomic mass is 16.6. The van der Waals surface area contributed by atoms with Gasteiger partial charge in [-0.15, -0.1) is 0 Å². The maximum Gasteiger partial charge on any atom is 0.0964 e. The van der Waals surface area contributed by atoms with E-state index in [0.717, 1.165) is 26.2 Å². The lowest BCUT2D eigenvalue weighted by atomic mass is 9.93. The summed E-state index contributed by atoms with van der Waals surface area (Å²) in [6.07, 6.45) is 1.23. The van der Waals surface area contributed by atoms with Gasteiger partial charge in [-0.1, -0.05) is 13.8 Å². The van der Waals surface area contributed by atoms with Crippen LogP contribution in [0.15, 0.2) is 0 Å². The van der Waals surface area contributed by atoms with Crippen LogP contribution in [0.4, 0.5) is 0 Å². The predicted octanol–water partition coefficient (Wildman–Crippen LogP) is 1.05. The van der Waals surface area contributed by atoms with Crippen molar-refractivity contribution in [2.45, 2.75) is 32.4 Å². The SMILES string of the molecule is CCNC(C(C)CCOC)C1COCCO1. The van der Waals surface area contributed by atoms with Crippen LogP contribution < -0.4 is 5.32 Å². The van der Waals surface area contributed by atoms with Crippen LogP contribution in [0.2, 0.25) is 0 Å². The van der Waals surface area contributed by atoms with E-state index in [0.29, 0.717) is 25.2 Å². The van der Waals surface area contributed by atoms with Gasteiger partial charge in [-0.05, 0) is 18.9 Å². The van der Waals surface area contributed by atoms with Gasteiger partial charge in [0.25, 0.3) is 0 Å². The van der Waals surface area contributed by atoms with Crippen LogP contribution in [0, 0.1) is 5.92 Å². The largest absolute Gasteiger partial charge is 0.385 e. The third kappa shape index (κ3) is 4.37. The zero-order chi connectivity index (χ0) is 11.8. The number of methoxy groups -OCH3 is 1. The van der Waals surface area contributed by atoms with E-state index in [-0.39, 0.29) is 6.10 Å². The van der Waals surface area contributed by atoms with Crippen LogP contribution in [0.1, 0.15) is 20.3 Å². The molecule has 16 heavy (non-hydrogen) atoms. The van der Waals surface area contributed by atoms with Gasteiger partial charge in [0, 0.05) is 19.8 Å². The summed E-state index contributed by atoms with van der Waals surface area (Å²) in [4.78, 5) is 0. The average molecular weight is 231 g/mol. The Morgan fingerprint density at radius 1 is 1.44 bits per heavy atom. The van der Waals surface area contributed by atoms with Crippen molar-refractivity contribution in [2.24, 2.45) is 5.92 Å². The Morgan fingerprint density at radius 2 is 2.25 bits per heavy atom. The molecule has 0 aliphatic carbocycles. The Morgan fingerprint density at radius 3 is 2.81 bits per heavy atom. The normalized spacial score (nSPS) is 25.3. The molecule has 0 bridgehead atoms. The summed E-state index contributed by atoms with van der Waals surface area (Å²) in [5, 5.41) is 3.50. The van der Waals surface area contributed by atoms with Gasteiger partial charge < -0.3 is 19.5 Å². The first-order valence-electron chi connectivity index (χ1n) is 6.21. The van der Waals surface area contributed by atoms with Gasteiger partial charge in [-0.2, -0.15) is 0 Å².